The van der Waals surface area contributed by atoms with E-state index < -0.39 is 11.6 Å². The van der Waals surface area contributed by atoms with Gasteiger partial charge >= 0.3 is 6.03 Å². The summed E-state index contributed by atoms with van der Waals surface area (Å²) in [5.41, 5.74) is 0.894. The number of amides is 2. The molecule has 1 aromatic heterocycles. The third-order valence-electron chi connectivity index (χ3n) is 3.99. The van der Waals surface area contributed by atoms with Crippen molar-refractivity contribution in [2.24, 2.45) is 0 Å². The van der Waals surface area contributed by atoms with Crippen LogP contribution in [0.25, 0.3) is 0 Å². The fourth-order valence-electron chi connectivity index (χ4n) is 2.72. The number of carbonyl (C=O) groups excluding carboxylic acids is 1. The number of piperazine rings is 1. The first-order valence-electron chi connectivity index (χ1n) is 7.76. The van der Waals surface area contributed by atoms with Gasteiger partial charge in [0.2, 0.25) is 0 Å². The number of nitrogens with zero attached hydrogens (tertiary/aromatic N) is 3. The molecule has 0 unspecified atom stereocenters. The zero-order valence-corrected chi connectivity index (χ0v) is 13.1. The van der Waals surface area contributed by atoms with Gasteiger partial charge in [-0.05, 0) is 23.8 Å². The minimum Gasteiger partial charge on any atom is -0.363 e. The van der Waals surface area contributed by atoms with Crippen LogP contribution in [0.4, 0.5) is 19.3 Å². The fourth-order valence-corrected chi connectivity index (χ4v) is 2.72. The van der Waals surface area contributed by atoms with Crippen LogP contribution in [0.3, 0.4) is 0 Å². The molecule has 1 aromatic carbocycles. The highest BCUT2D eigenvalue weighted by atomic mass is 19.1. The van der Waals surface area contributed by atoms with Crippen molar-refractivity contribution in [3.8, 4) is 0 Å². The molecule has 0 spiro atoms. The third-order valence-corrected chi connectivity index (χ3v) is 3.99. The Labute approximate surface area is 138 Å². The van der Waals surface area contributed by atoms with Gasteiger partial charge in [0, 0.05) is 45.1 Å². The van der Waals surface area contributed by atoms with E-state index in [-0.39, 0.29) is 11.7 Å². The first-order chi connectivity index (χ1) is 11.6. The molecule has 0 bridgehead atoms. The van der Waals surface area contributed by atoms with Gasteiger partial charge in [0.25, 0.3) is 0 Å². The van der Waals surface area contributed by atoms with Crippen molar-refractivity contribution in [3.63, 3.8) is 0 Å². The van der Waals surface area contributed by atoms with Crippen molar-refractivity contribution in [1.29, 1.82) is 0 Å². The molecular weight excluding hydrogens is 314 g/mol. The number of halogens is 2. The summed E-state index contributed by atoms with van der Waals surface area (Å²) in [6, 6.07) is 7.33. The lowest BCUT2D eigenvalue weighted by molar-refractivity contribution is 0.193. The second kappa shape index (κ2) is 7.25. The Kier molecular flexibility index (Phi) is 4.88. The number of pyridine rings is 1. The zero-order valence-electron chi connectivity index (χ0n) is 13.1. The van der Waals surface area contributed by atoms with E-state index in [1.807, 2.05) is 12.1 Å². The quantitative estimate of drug-likeness (QED) is 0.939. The maximum absolute atomic E-state index is 13.8. The van der Waals surface area contributed by atoms with Crippen LogP contribution in [0.15, 0.2) is 42.7 Å². The maximum Gasteiger partial charge on any atom is 0.317 e. The molecule has 5 nitrogen and oxygen atoms in total. The van der Waals surface area contributed by atoms with Crippen LogP contribution in [0, 0.1) is 11.6 Å². The summed E-state index contributed by atoms with van der Waals surface area (Å²) in [5.74, 6) is -1.16. The average molecular weight is 332 g/mol. The lowest BCUT2D eigenvalue weighted by Crippen LogP contribution is -2.52. The van der Waals surface area contributed by atoms with Gasteiger partial charge in [-0.3, -0.25) is 4.98 Å². The summed E-state index contributed by atoms with van der Waals surface area (Å²) >= 11 is 0. The molecule has 1 fully saturated rings. The molecule has 1 aliphatic rings. The minimum absolute atomic E-state index is 0.0204. The van der Waals surface area contributed by atoms with E-state index in [9.17, 15) is 13.6 Å². The number of rotatable bonds is 3. The molecule has 1 saturated heterocycles. The summed E-state index contributed by atoms with van der Waals surface area (Å²) in [4.78, 5) is 19.4. The van der Waals surface area contributed by atoms with Crippen LogP contribution in [0.5, 0.6) is 0 Å². The Morgan fingerprint density at radius 3 is 2.42 bits per heavy atom. The highest BCUT2D eigenvalue weighted by Gasteiger charge is 2.24. The van der Waals surface area contributed by atoms with Crippen LogP contribution in [0.1, 0.15) is 5.56 Å². The van der Waals surface area contributed by atoms with Gasteiger partial charge in [0.15, 0.2) is 0 Å². The molecule has 1 N–H and O–H groups in total. The van der Waals surface area contributed by atoms with Gasteiger partial charge < -0.3 is 15.1 Å². The molecular formula is C17H18F2N4O. The molecule has 0 atom stereocenters. The van der Waals surface area contributed by atoms with Crippen LogP contribution in [-0.4, -0.2) is 42.1 Å². The van der Waals surface area contributed by atoms with Gasteiger partial charge in [-0.25, -0.2) is 13.6 Å². The van der Waals surface area contributed by atoms with Gasteiger partial charge in [0.1, 0.15) is 17.3 Å². The predicted octanol–water partition coefficient (Wildman–Crippen LogP) is 2.39. The Morgan fingerprint density at radius 2 is 1.79 bits per heavy atom. The molecule has 7 heteroatoms. The number of hydrogen-bond donors (Lipinski definition) is 1. The van der Waals surface area contributed by atoms with Crippen molar-refractivity contribution >= 4 is 11.7 Å². The molecule has 0 aliphatic carbocycles. The highest BCUT2D eigenvalue weighted by molar-refractivity contribution is 5.74. The molecule has 3 rings (SSSR count). The van der Waals surface area contributed by atoms with E-state index in [1.54, 1.807) is 22.2 Å². The average Bonchev–Trinajstić information content (AvgIpc) is 2.61. The first-order valence-corrected chi connectivity index (χ1v) is 7.76. The van der Waals surface area contributed by atoms with Crippen molar-refractivity contribution < 1.29 is 13.6 Å². The molecule has 24 heavy (non-hydrogen) atoms. The second-order valence-electron chi connectivity index (χ2n) is 5.56. The van der Waals surface area contributed by atoms with E-state index in [1.165, 1.54) is 18.2 Å². The normalized spacial score (nSPS) is 14.6. The molecule has 2 amide bonds. The predicted molar refractivity (Wildman–Crippen MR) is 86.6 cm³/mol. The summed E-state index contributed by atoms with van der Waals surface area (Å²) < 4.78 is 27.6. The molecule has 2 aromatic rings. The third kappa shape index (κ3) is 3.61. The largest absolute Gasteiger partial charge is 0.363 e. The summed E-state index contributed by atoms with van der Waals surface area (Å²) in [5, 5.41) is 2.83. The van der Waals surface area contributed by atoms with Crippen molar-refractivity contribution in [1.82, 2.24) is 15.2 Å². The van der Waals surface area contributed by atoms with Crippen molar-refractivity contribution in [2.75, 3.05) is 31.1 Å². The summed E-state index contributed by atoms with van der Waals surface area (Å²) in [6.07, 6.45) is 3.37. The topological polar surface area (TPSA) is 48.5 Å². The Morgan fingerprint density at radius 1 is 1.08 bits per heavy atom. The number of carbonyl (C=O) groups is 1. The monoisotopic (exact) mass is 332 g/mol. The number of benzene rings is 1. The van der Waals surface area contributed by atoms with Crippen LogP contribution in [0.2, 0.25) is 0 Å². The van der Waals surface area contributed by atoms with Crippen LogP contribution >= 0.6 is 0 Å². The fraction of sp³-hybridized carbons (Fsp3) is 0.294. The smallest absolute Gasteiger partial charge is 0.317 e. The molecule has 0 saturated carbocycles. The van der Waals surface area contributed by atoms with E-state index in [0.29, 0.717) is 32.7 Å². The Balaban J connectivity index is 1.54. The summed E-state index contributed by atoms with van der Waals surface area (Å²) in [6.45, 7) is 1.99. The highest BCUT2D eigenvalue weighted by Crippen LogP contribution is 2.24. The number of urea groups is 1. The van der Waals surface area contributed by atoms with E-state index in [2.05, 4.69) is 10.3 Å². The van der Waals surface area contributed by atoms with Gasteiger partial charge in [-0.15, -0.1) is 0 Å². The number of para-hydroxylation sites is 1. The van der Waals surface area contributed by atoms with E-state index >= 15 is 0 Å². The molecule has 1 aliphatic heterocycles. The zero-order chi connectivity index (χ0) is 16.9. The maximum atomic E-state index is 13.8. The molecule has 0 radical (unpaired) electrons. The standard InChI is InChI=1S/C17H18F2N4O/c18-14-4-1-5-15(19)16(14)22-7-9-23(10-8-22)17(24)21-12-13-3-2-6-20-11-13/h1-6,11H,7-10,12H2,(H,21,24). The lowest BCUT2D eigenvalue weighted by atomic mass is 10.2. The molecule has 126 valence electrons. The van der Waals surface area contributed by atoms with E-state index in [4.69, 9.17) is 0 Å². The number of nitrogens with one attached hydrogen (secondary N) is 1. The van der Waals surface area contributed by atoms with Crippen LogP contribution in [-0.2, 0) is 6.54 Å². The first kappa shape index (κ1) is 16.2. The number of aromatic nitrogens is 1. The Bertz CT molecular complexity index is 683. The van der Waals surface area contributed by atoms with Gasteiger partial charge in [0.05, 0.1) is 0 Å². The second-order valence-corrected chi connectivity index (χ2v) is 5.56. The SMILES string of the molecule is O=C(NCc1cccnc1)N1CCN(c2c(F)cccc2F)CC1. The van der Waals surface area contributed by atoms with Gasteiger partial charge in [-0.2, -0.15) is 0 Å². The molecule has 2 heterocycles. The van der Waals surface area contributed by atoms with Crippen LogP contribution < -0.4 is 10.2 Å². The summed E-state index contributed by atoms with van der Waals surface area (Å²) in [7, 11) is 0. The Hall–Kier alpha value is -2.70. The van der Waals surface area contributed by atoms with Crippen molar-refractivity contribution in [2.45, 2.75) is 6.54 Å². The minimum atomic E-state index is -0.579. The van der Waals surface area contributed by atoms with Crippen molar-refractivity contribution in [3.05, 3.63) is 59.9 Å². The number of hydrogen-bond acceptors (Lipinski definition) is 3. The van der Waals surface area contributed by atoms with E-state index in [0.717, 1.165) is 5.56 Å². The lowest BCUT2D eigenvalue weighted by Gasteiger charge is -2.36. The number of anilines is 1. The van der Waals surface area contributed by atoms with Gasteiger partial charge in [-0.1, -0.05) is 12.1 Å².